The smallest absolute Gasteiger partial charge is 0.274 e. The van der Waals surface area contributed by atoms with Gasteiger partial charge in [-0.3, -0.25) is 9.36 Å². The number of fused-ring (bicyclic) bond motifs is 1. The molecule has 2 aromatic carbocycles. The van der Waals surface area contributed by atoms with Crippen LogP contribution in [-0.4, -0.2) is 4.57 Å². The molecule has 3 aromatic rings. The molecule has 0 radical (unpaired) electrons. The number of aryl methyl sites for hydroxylation is 2. The lowest BCUT2D eigenvalue weighted by molar-refractivity contribution is 0.902. The van der Waals surface area contributed by atoms with Crippen LogP contribution in [0.2, 0.25) is 0 Å². The van der Waals surface area contributed by atoms with Gasteiger partial charge >= 0.3 is 0 Å². The van der Waals surface area contributed by atoms with E-state index in [0.29, 0.717) is 14.8 Å². The second-order valence-corrected chi connectivity index (χ2v) is 8.17. The molecule has 5 nitrogen and oxygen atoms in total. The molecule has 30 heavy (non-hydrogen) atoms. The summed E-state index contributed by atoms with van der Waals surface area (Å²) in [7, 11) is 0. The van der Waals surface area contributed by atoms with Crippen molar-refractivity contribution >= 4 is 28.8 Å². The number of nitrogens with zero attached hydrogens (tertiary/aromatic N) is 3. The highest BCUT2D eigenvalue weighted by atomic mass is 32.1. The van der Waals surface area contributed by atoms with Crippen molar-refractivity contribution in [2.75, 3.05) is 0 Å². The molecule has 1 aliphatic heterocycles. The van der Waals surface area contributed by atoms with E-state index in [1.54, 1.807) is 0 Å². The van der Waals surface area contributed by atoms with Crippen LogP contribution in [0.4, 0.5) is 0 Å². The van der Waals surface area contributed by atoms with E-state index in [1.807, 2.05) is 68.5 Å². The molecule has 0 aliphatic carbocycles. The largest absolute Gasteiger partial charge is 0.384 e. The Morgan fingerprint density at radius 2 is 1.63 bits per heavy atom. The van der Waals surface area contributed by atoms with Crippen LogP contribution < -0.4 is 20.5 Å². The Hall–Kier alpha value is -3.87. The van der Waals surface area contributed by atoms with Gasteiger partial charge in [0.2, 0.25) is 0 Å². The molecule has 1 atom stereocenters. The lowest BCUT2D eigenvalue weighted by Crippen LogP contribution is -2.38. The Morgan fingerprint density at radius 3 is 2.27 bits per heavy atom. The van der Waals surface area contributed by atoms with Crippen LogP contribution in [0.5, 0.6) is 0 Å². The van der Waals surface area contributed by atoms with Gasteiger partial charge in [0.05, 0.1) is 33.7 Å². The Morgan fingerprint density at radius 1 is 1.00 bits per heavy atom. The van der Waals surface area contributed by atoms with Crippen LogP contribution >= 0.6 is 11.3 Å². The van der Waals surface area contributed by atoms with Gasteiger partial charge in [0.25, 0.3) is 5.56 Å². The van der Waals surface area contributed by atoms with E-state index < -0.39 is 5.92 Å². The fourth-order valence-electron chi connectivity index (χ4n) is 3.76. The predicted molar refractivity (Wildman–Crippen MR) is 119 cm³/mol. The molecule has 0 fully saturated rings. The number of rotatable bonds is 2. The van der Waals surface area contributed by atoms with Crippen LogP contribution in [0.1, 0.15) is 28.2 Å². The van der Waals surface area contributed by atoms with E-state index in [2.05, 4.69) is 12.1 Å². The molecular formula is C24H18N4OS. The molecule has 0 saturated heterocycles. The summed E-state index contributed by atoms with van der Waals surface area (Å²) < 4.78 is 2.26. The van der Waals surface area contributed by atoms with Crippen molar-refractivity contribution in [3.05, 3.63) is 95.9 Å². The summed E-state index contributed by atoms with van der Waals surface area (Å²) in [4.78, 5) is 13.2. The van der Waals surface area contributed by atoms with Crippen LogP contribution in [0, 0.1) is 36.5 Å². The van der Waals surface area contributed by atoms with Gasteiger partial charge in [0.15, 0.2) is 0 Å². The number of nitrogens with two attached hydrogens (primary N) is 1. The Balaban J connectivity index is 2.10. The van der Waals surface area contributed by atoms with Crippen LogP contribution in [-0.2, 0) is 0 Å². The topological polar surface area (TPSA) is 95.6 Å². The zero-order valence-electron chi connectivity index (χ0n) is 16.5. The van der Waals surface area contributed by atoms with Gasteiger partial charge < -0.3 is 5.73 Å². The first-order valence-electron chi connectivity index (χ1n) is 9.37. The minimum absolute atomic E-state index is 0.0884. The first kappa shape index (κ1) is 19.4. The van der Waals surface area contributed by atoms with Crippen molar-refractivity contribution in [1.29, 1.82) is 10.5 Å². The zero-order valence-corrected chi connectivity index (χ0v) is 17.3. The molecule has 2 N–H and O–H groups in total. The number of allylic oxidation sites excluding steroid dienone is 1. The summed E-state index contributed by atoms with van der Waals surface area (Å²) in [5.41, 5.74) is 10.3. The number of benzene rings is 2. The van der Waals surface area contributed by atoms with Crippen LogP contribution in [0.15, 0.2) is 58.9 Å². The predicted octanol–water partition coefficient (Wildman–Crippen LogP) is 2.48. The zero-order chi connectivity index (χ0) is 21.4. The van der Waals surface area contributed by atoms with E-state index in [9.17, 15) is 15.3 Å². The highest BCUT2D eigenvalue weighted by Crippen LogP contribution is 2.36. The number of hydrogen-bond acceptors (Lipinski definition) is 5. The van der Waals surface area contributed by atoms with Crippen molar-refractivity contribution in [3.8, 4) is 12.1 Å². The first-order chi connectivity index (χ1) is 14.5. The molecule has 0 bridgehead atoms. The molecule has 0 spiro atoms. The van der Waals surface area contributed by atoms with Crippen molar-refractivity contribution < 1.29 is 0 Å². The number of hydrogen-bond donors (Lipinski definition) is 1. The lowest BCUT2D eigenvalue weighted by Gasteiger charge is -2.23. The summed E-state index contributed by atoms with van der Waals surface area (Å²) in [6.45, 7) is 3.91. The number of aromatic nitrogens is 1. The minimum Gasteiger partial charge on any atom is -0.384 e. The maximum Gasteiger partial charge on any atom is 0.274 e. The highest BCUT2D eigenvalue weighted by Gasteiger charge is 2.32. The summed E-state index contributed by atoms with van der Waals surface area (Å²) in [6, 6.07) is 19.8. The minimum atomic E-state index is -0.592. The highest BCUT2D eigenvalue weighted by molar-refractivity contribution is 7.07. The van der Waals surface area contributed by atoms with E-state index in [4.69, 9.17) is 5.73 Å². The van der Waals surface area contributed by atoms with Crippen LogP contribution in [0.25, 0.3) is 17.5 Å². The Kier molecular flexibility index (Phi) is 4.87. The summed E-state index contributed by atoms with van der Waals surface area (Å²) in [5.74, 6) is -0.504. The molecule has 0 saturated carbocycles. The maximum atomic E-state index is 13.2. The first-order valence-corrected chi connectivity index (χ1v) is 10.2. The molecule has 1 aromatic heterocycles. The van der Waals surface area contributed by atoms with Gasteiger partial charge in [0.1, 0.15) is 10.5 Å². The number of thiazole rings is 1. The number of nitriles is 2. The fourth-order valence-corrected chi connectivity index (χ4v) is 4.88. The van der Waals surface area contributed by atoms with Gasteiger partial charge in [-0.2, -0.15) is 10.5 Å². The second kappa shape index (κ2) is 7.51. The van der Waals surface area contributed by atoms with Crippen molar-refractivity contribution in [1.82, 2.24) is 4.57 Å². The molecule has 4 rings (SSSR count). The van der Waals surface area contributed by atoms with Crippen LogP contribution in [0.3, 0.4) is 0 Å². The average Bonchev–Trinajstić information content (AvgIpc) is 3.06. The van der Waals surface area contributed by atoms with Gasteiger partial charge in [0, 0.05) is 0 Å². The third-order valence-corrected chi connectivity index (χ3v) is 6.47. The normalized spacial score (nSPS) is 16.2. The third-order valence-electron chi connectivity index (χ3n) is 5.36. The summed E-state index contributed by atoms with van der Waals surface area (Å²) in [5, 5.41) is 19.9. The second-order valence-electron chi connectivity index (χ2n) is 7.14. The standard InChI is InChI=1S/C24H18N4OS/c1-14-7-3-5-9-16(14)11-20-23(29)28-22(27)18(12-25)21(19(13-26)24(28)30-20)17-10-6-4-8-15(17)2/h3-11,21H,27H2,1-2H3/b20-11-/t21-/m0/s1. The molecule has 0 unspecified atom stereocenters. The molecule has 146 valence electrons. The summed E-state index contributed by atoms with van der Waals surface area (Å²) in [6.07, 6.45) is 1.81. The average molecular weight is 411 g/mol. The van der Waals surface area contributed by atoms with E-state index >= 15 is 0 Å². The summed E-state index contributed by atoms with van der Waals surface area (Å²) >= 11 is 1.23. The Bertz CT molecular complexity index is 1470. The molecular weight excluding hydrogens is 392 g/mol. The quantitative estimate of drug-likeness (QED) is 0.702. The maximum absolute atomic E-state index is 13.2. The molecule has 6 heteroatoms. The van der Waals surface area contributed by atoms with Gasteiger partial charge in [-0.05, 0) is 42.2 Å². The van der Waals surface area contributed by atoms with Crippen molar-refractivity contribution in [2.45, 2.75) is 19.8 Å². The fraction of sp³-hybridized carbons (Fsp3) is 0.125. The third kappa shape index (κ3) is 2.95. The molecule has 1 aliphatic rings. The van der Waals surface area contributed by atoms with Crippen molar-refractivity contribution in [2.24, 2.45) is 5.73 Å². The van der Waals surface area contributed by atoms with Gasteiger partial charge in [-0.25, -0.2) is 0 Å². The lowest BCUT2D eigenvalue weighted by atomic mass is 9.82. The van der Waals surface area contributed by atoms with E-state index in [-0.39, 0.29) is 17.0 Å². The van der Waals surface area contributed by atoms with E-state index in [1.165, 1.54) is 15.9 Å². The monoisotopic (exact) mass is 410 g/mol. The molecule has 0 amide bonds. The van der Waals surface area contributed by atoms with Gasteiger partial charge in [-0.1, -0.05) is 48.5 Å². The van der Waals surface area contributed by atoms with E-state index in [0.717, 1.165) is 22.3 Å². The SMILES string of the molecule is Cc1ccccc1/C=c1\sc2n(c1=O)C(N)=C(C#N)[C@H](c1ccccc1C)C=2C#N. The van der Waals surface area contributed by atoms with Crippen molar-refractivity contribution in [3.63, 3.8) is 0 Å². The molecule has 2 heterocycles. The Labute approximate surface area is 177 Å². The van der Waals surface area contributed by atoms with Gasteiger partial charge in [-0.15, -0.1) is 11.3 Å².